The molecule has 2 bridgehead atoms. The molecule has 0 unspecified atom stereocenters. The Morgan fingerprint density at radius 1 is 1.06 bits per heavy atom. The molecule has 0 aliphatic carbocycles. The predicted molar refractivity (Wildman–Crippen MR) is 70.7 cm³/mol. The third kappa shape index (κ3) is 2.24. The van der Waals surface area contributed by atoms with E-state index in [-0.39, 0.29) is 0 Å². The maximum Gasteiger partial charge on any atom is 0.537 e. The summed E-state index contributed by atoms with van der Waals surface area (Å²) in [5, 5.41) is 1.08. The molecule has 0 radical (unpaired) electrons. The van der Waals surface area contributed by atoms with Crippen LogP contribution in [0.3, 0.4) is 0 Å². The van der Waals surface area contributed by atoms with Gasteiger partial charge in [0.2, 0.25) is 0 Å². The average molecular weight is 265 g/mol. The summed E-state index contributed by atoms with van der Waals surface area (Å²) in [7, 11) is -2.67. The van der Waals surface area contributed by atoms with Crippen LogP contribution in [-0.2, 0) is 13.3 Å². The molecule has 0 amide bonds. The van der Waals surface area contributed by atoms with E-state index in [1.54, 1.807) is 0 Å². The van der Waals surface area contributed by atoms with E-state index in [9.17, 15) is 0 Å². The van der Waals surface area contributed by atoms with Crippen molar-refractivity contribution in [2.24, 2.45) is 0 Å². The van der Waals surface area contributed by atoms with Gasteiger partial charge in [-0.2, -0.15) is 0 Å². The largest absolute Gasteiger partial charge is 0.537 e. The molecule has 3 fully saturated rings. The van der Waals surface area contributed by atoms with Crippen molar-refractivity contribution in [2.45, 2.75) is 13.0 Å². The van der Waals surface area contributed by atoms with Crippen molar-refractivity contribution >= 4 is 14.0 Å². The van der Waals surface area contributed by atoms with E-state index in [1.807, 2.05) is 18.2 Å². The van der Waals surface area contributed by atoms with E-state index >= 15 is 0 Å². The minimum atomic E-state index is -2.67. The summed E-state index contributed by atoms with van der Waals surface area (Å²) in [6.07, 6.45) is 0. The van der Waals surface area contributed by atoms with Crippen molar-refractivity contribution in [3.8, 4) is 0 Å². The number of hydrogen-bond donors (Lipinski definition) is 0. The molecule has 0 spiro atoms. The molecule has 1 atom stereocenters. The average Bonchev–Trinajstić information content (AvgIpc) is 2.36. The Hall–Kier alpha value is -0.723. The van der Waals surface area contributed by atoms with E-state index in [0.29, 0.717) is 25.9 Å². The van der Waals surface area contributed by atoms with Crippen LogP contribution in [0.15, 0.2) is 30.3 Å². The van der Waals surface area contributed by atoms with E-state index < -0.39 is 8.80 Å². The lowest BCUT2D eigenvalue weighted by Crippen LogP contribution is -2.63. The van der Waals surface area contributed by atoms with Gasteiger partial charge in [0.15, 0.2) is 0 Å². The molecule has 0 N–H and O–H groups in total. The molecule has 3 aliphatic heterocycles. The lowest BCUT2D eigenvalue weighted by atomic mass is 10.3. The van der Waals surface area contributed by atoms with Crippen LogP contribution in [0.25, 0.3) is 0 Å². The standard InChI is InChI=1S/C13H19NO3Si/c1-12-11-17-18(13-5-3-2-4-6-13)15-9-7-14(12)8-10-16-18/h2-6,12H,7-11H2,1H3/t12-/m0/s1. The second-order valence-electron chi connectivity index (χ2n) is 4.82. The van der Waals surface area contributed by atoms with Crippen LogP contribution in [0, 0.1) is 0 Å². The second kappa shape index (κ2) is 5.11. The molecule has 0 aromatic heterocycles. The Balaban J connectivity index is 1.93. The summed E-state index contributed by atoms with van der Waals surface area (Å²) < 4.78 is 18.1. The summed E-state index contributed by atoms with van der Waals surface area (Å²) in [5.74, 6) is 0. The zero-order valence-electron chi connectivity index (χ0n) is 10.7. The van der Waals surface area contributed by atoms with E-state index in [0.717, 1.165) is 18.3 Å². The second-order valence-corrected chi connectivity index (χ2v) is 7.37. The minimum absolute atomic E-state index is 0.438. The number of fused-ring (bicyclic) bond motifs is 6. The Bertz CT molecular complexity index is 390. The van der Waals surface area contributed by atoms with Gasteiger partial charge in [-0.3, -0.25) is 4.90 Å². The molecule has 4 rings (SSSR count). The van der Waals surface area contributed by atoms with Crippen molar-refractivity contribution in [3.05, 3.63) is 30.3 Å². The highest BCUT2D eigenvalue weighted by molar-refractivity contribution is 6.75. The first-order valence-corrected chi connectivity index (χ1v) is 8.24. The molecule has 98 valence electrons. The number of benzene rings is 1. The number of rotatable bonds is 1. The lowest BCUT2D eigenvalue weighted by molar-refractivity contribution is -0.0210. The Kier molecular flexibility index (Phi) is 3.49. The zero-order chi connectivity index (χ0) is 12.4. The maximum atomic E-state index is 6.09. The van der Waals surface area contributed by atoms with Gasteiger partial charge in [0.1, 0.15) is 0 Å². The Morgan fingerprint density at radius 3 is 2.39 bits per heavy atom. The molecular weight excluding hydrogens is 246 g/mol. The first-order chi connectivity index (χ1) is 8.80. The van der Waals surface area contributed by atoms with Crippen molar-refractivity contribution in [2.75, 3.05) is 32.9 Å². The normalized spacial score (nSPS) is 36.7. The maximum absolute atomic E-state index is 6.09. The molecule has 4 nitrogen and oxygen atoms in total. The van der Waals surface area contributed by atoms with Crippen molar-refractivity contribution in [3.63, 3.8) is 0 Å². The molecule has 5 heteroatoms. The van der Waals surface area contributed by atoms with Crippen LogP contribution < -0.4 is 5.19 Å². The fourth-order valence-electron chi connectivity index (χ4n) is 2.50. The summed E-state index contributed by atoms with van der Waals surface area (Å²) in [5.41, 5.74) is 0. The highest BCUT2D eigenvalue weighted by atomic mass is 28.4. The molecule has 3 aliphatic rings. The van der Waals surface area contributed by atoms with Gasteiger partial charge in [0, 0.05) is 24.3 Å². The molecule has 1 aromatic carbocycles. The predicted octanol–water partition coefficient (Wildman–Crippen LogP) is 0.600. The first-order valence-electron chi connectivity index (χ1n) is 6.52. The van der Waals surface area contributed by atoms with E-state index in [1.165, 1.54) is 0 Å². The minimum Gasteiger partial charge on any atom is -0.369 e. The lowest BCUT2D eigenvalue weighted by Gasteiger charge is -2.41. The molecule has 1 aromatic rings. The quantitative estimate of drug-likeness (QED) is 0.696. The molecular formula is C13H19NO3Si. The van der Waals surface area contributed by atoms with Gasteiger partial charge >= 0.3 is 8.80 Å². The van der Waals surface area contributed by atoms with Gasteiger partial charge in [-0.15, -0.1) is 0 Å². The van der Waals surface area contributed by atoms with Gasteiger partial charge in [0.25, 0.3) is 0 Å². The molecule has 18 heavy (non-hydrogen) atoms. The fraction of sp³-hybridized carbons (Fsp3) is 0.538. The van der Waals surface area contributed by atoms with Crippen molar-refractivity contribution < 1.29 is 13.3 Å². The molecule has 0 saturated carbocycles. The summed E-state index contributed by atoms with van der Waals surface area (Å²) in [6, 6.07) is 10.6. The number of hydrogen-bond acceptors (Lipinski definition) is 4. The van der Waals surface area contributed by atoms with E-state index in [4.69, 9.17) is 13.3 Å². The molecule has 3 saturated heterocycles. The summed E-state index contributed by atoms with van der Waals surface area (Å²) in [4.78, 5) is 2.36. The first kappa shape index (κ1) is 12.3. The Morgan fingerprint density at radius 2 is 1.72 bits per heavy atom. The smallest absolute Gasteiger partial charge is 0.369 e. The van der Waals surface area contributed by atoms with Crippen LogP contribution in [0.1, 0.15) is 6.92 Å². The van der Waals surface area contributed by atoms with Gasteiger partial charge in [-0.05, 0) is 6.92 Å². The summed E-state index contributed by atoms with van der Waals surface area (Å²) >= 11 is 0. The van der Waals surface area contributed by atoms with Crippen LogP contribution >= 0.6 is 0 Å². The highest BCUT2D eigenvalue weighted by Crippen LogP contribution is 2.18. The van der Waals surface area contributed by atoms with Gasteiger partial charge in [0.05, 0.1) is 19.8 Å². The van der Waals surface area contributed by atoms with E-state index in [2.05, 4.69) is 24.0 Å². The fourth-order valence-corrected chi connectivity index (χ4v) is 5.03. The zero-order valence-corrected chi connectivity index (χ0v) is 11.7. The van der Waals surface area contributed by atoms with Crippen LogP contribution in [-0.4, -0.2) is 52.7 Å². The van der Waals surface area contributed by atoms with Crippen LogP contribution in [0.4, 0.5) is 0 Å². The highest BCUT2D eigenvalue weighted by Gasteiger charge is 2.47. The van der Waals surface area contributed by atoms with Gasteiger partial charge < -0.3 is 13.3 Å². The van der Waals surface area contributed by atoms with Crippen LogP contribution in [0.2, 0.25) is 0 Å². The molecule has 3 heterocycles. The topological polar surface area (TPSA) is 30.9 Å². The van der Waals surface area contributed by atoms with Gasteiger partial charge in [-0.25, -0.2) is 0 Å². The SMILES string of the molecule is C[C@H]1CO[Si]2(c3ccccc3)OCCN1CCO2. The van der Waals surface area contributed by atoms with Gasteiger partial charge in [-0.1, -0.05) is 30.3 Å². The number of nitrogens with zero attached hydrogens (tertiary/aromatic N) is 1. The van der Waals surface area contributed by atoms with Crippen molar-refractivity contribution in [1.29, 1.82) is 0 Å². The summed E-state index contributed by atoms with van der Waals surface area (Å²) in [6.45, 7) is 6.20. The third-order valence-corrected chi connectivity index (χ3v) is 6.36. The Labute approximate surface area is 109 Å². The monoisotopic (exact) mass is 265 g/mol. The van der Waals surface area contributed by atoms with Crippen LogP contribution in [0.5, 0.6) is 0 Å². The van der Waals surface area contributed by atoms with Crippen molar-refractivity contribution in [1.82, 2.24) is 4.90 Å². The third-order valence-electron chi connectivity index (χ3n) is 3.61.